The number of rotatable bonds is 8. The molecular weight excluding hydrogens is 1290 g/mol. The third-order valence-electron chi connectivity index (χ3n) is 25.6. The normalized spacial score (nSPS) is 16.0. The summed E-state index contributed by atoms with van der Waals surface area (Å²) in [7, 11) is 0. The topological polar surface area (TPSA) is 16.3 Å². The number of hydrogen-bond acceptors (Lipinski definition) is 2. The molecule has 0 atom stereocenters. The molecule has 0 bridgehead atoms. The maximum Gasteiger partial charge on any atom is 0.252 e. The Labute approximate surface area is 633 Å². The Morgan fingerprint density at radius 2 is 0.607 bits per heavy atom. The fourth-order valence-electron chi connectivity index (χ4n) is 19.0. The molecule has 5 heteroatoms. The average Bonchev–Trinajstić information content (AvgIpc) is 1.35. The molecule has 0 saturated carbocycles. The van der Waals surface area contributed by atoms with Crippen molar-refractivity contribution in [2.45, 2.75) is 155 Å². The lowest BCUT2D eigenvalue weighted by molar-refractivity contribution is 0.332. The molecule has 19 rings (SSSR count). The number of hydrogen-bond donors (Lipinski definition) is 0. The standard InChI is InChI=1S/C102H95BN4/c1-97(2,3)72-37-49-90-80(59-72)81-60-73(98(4,5)6)38-50-91(81)107(90)77-62-94-96-95(63-77)105(75-41-31-67(32-42-75)70-34-45-83-85(57-70)102(13,14)54-52-100(83,9)10)93-61-76(106-88-28-22-21-27-78(88)79-55-68(36-48-89(79)106)64-23-17-15-18-24-64)43-47-87(93)103(96)86-46-35-71(65-25-19-16-20-26-65)58-92(86)104(94)74-39-29-66(30-40-74)69-33-44-82-84(56-69)101(11,12)53-51-99(82,7)8/h15-50,55-63H,51-54H2,1-14H3. The van der Waals surface area contributed by atoms with Crippen LogP contribution in [0.1, 0.15) is 156 Å². The second kappa shape index (κ2) is 23.8. The molecule has 13 aromatic carbocycles. The summed E-state index contributed by atoms with van der Waals surface area (Å²) < 4.78 is 5.12. The third kappa shape index (κ3) is 10.7. The zero-order chi connectivity index (χ0) is 73.6. The number of nitrogens with zero attached hydrogens (tertiary/aromatic N) is 4. The molecule has 2 aliphatic heterocycles. The third-order valence-corrected chi connectivity index (χ3v) is 25.6. The molecule has 0 unspecified atom stereocenters. The van der Waals surface area contributed by atoms with Crippen LogP contribution in [0.4, 0.5) is 34.1 Å². The first-order chi connectivity index (χ1) is 51.3. The molecule has 526 valence electrons. The molecular formula is C102H95BN4. The fraction of sp³-hybridized carbons (Fsp3) is 0.235. The van der Waals surface area contributed by atoms with Crippen molar-refractivity contribution in [1.29, 1.82) is 0 Å². The molecule has 4 heterocycles. The highest BCUT2D eigenvalue weighted by atomic mass is 15.2. The first-order valence-electron chi connectivity index (χ1n) is 39.1. The van der Waals surface area contributed by atoms with Crippen LogP contribution in [0.3, 0.4) is 0 Å². The van der Waals surface area contributed by atoms with Crippen LogP contribution in [0.25, 0.3) is 99.5 Å². The minimum absolute atomic E-state index is 0.0647. The lowest BCUT2D eigenvalue weighted by Crippen LogP contribution is -2.61. The lowest BCUT2D eigenvalue weighted by atomic mass is 9.33. The quantitative estimate of drug-likeness (QED) is 0.141. The van der Waals surface area contributed by atoms with Crippen LogP contribution in [0.15, 0.2) is 273 Å². The van der Waals surface area contributed by atoms with E-state index in [1.165, 1.54) is 163 Å². The Hall–Kier alpha value is -10.9. The van der Waals surface area contributed by atoms with Gasteiger partial charge in [-0.25, -0.2) is 0 Å². The molecule has 15 aromatic rings. The zero-order valence-electron chi connectivity index (χ0n) is 64.7. The average molecular weight is 1390 g/mol. The molecule has 4 aliphatic rings. The number of benzene rings is 13. The van der Waals surface area contributed by atoms with E-state index in [1.807, 2.05) is 0 Å². The van der Waals surface area contributed by atoms with Gasteiger partial charge in [0.05, 0.1) is 27.8 Å². The van der Waals surface area contributed by atoms with Crippen molar-refractivity contribution >= 4 is 101 Å². The van der Waals surface area contributed by atoms with Crippen LogP contribution in [0.5, 0.6) is 0 Å². The summed E-state index contributed by atoms with van der Waals surface area (Å²) in [5.74, 6) is 0. The Morgan fingerprint density at radius 1 is 0.262 bits per heavy atom. The van der Waals surface area contributed by atoms with Gasteiger partial charge in [-0.3, -0.25) is 0 Å². The maximum atomic E-state index is 2.65. The molecule has 0 radical (unpaired) electrons. The SMILES string of the molecule is CC(C)(C)c1ccc2c(c1)c1cc(C(C)(C)C)ccc1n2-c1cc2c3c(c1)N(c1ccc(-c4ccc5c(c4)C(C)(C)CCC5(C)C)cc1)c1cc(-n4c5ccccc5c5cc(-c6ccccc6)ccc54)ccc1B3c1ccc(-c3ccccc3)cc1N2c1ccc(-c2ccc3c(c2)C(C)(C)CCC3(C)C)cc1. The van der Waals surface area contributed by atoms with E-state index in [-0.39, 0.29) is 39.2 Å². The van der Waals surface area contributed by atoms with E-state index < -0.39 is 0 Å². The molecule has 2 aliphatic carbocycles. The van der Waals surface area contributed by atoms with Crippen LogP contribution in [-0.4, -0.2) is 15.8 Å². The van der Waals surface area contributed by atoms with Gasteiger partial charge in [0.15, 0.2) is 0 Å². The van der Waals surface area contributed by atoms with Gasteiger partial charge < -0.3 is 18.9 Å². The maximum absolute atomic E-state index is 2.65. The van der Waals surface area contributed by atoms with Crippen molar-refractivity contribution in [2.75, 3.05) is 9.80 Å². The van der Waals surface area contributed by atoms with E-state index in [2.05, 4.69) is 389 Å². The molecule has 0 N–H and O–H groups in total. The van der Waals surface area contributed by atoms with Gasteiger partial charge in [0.25, 0.3) is 6.71 Å². The van der Waals surface area contributed by atoms with Crippen LogP contribution < -0.4 is 26.2 Å². The van der Waals surface area contributed by atoms with Crippen LogP contribution >= 0.6 is 0 Å². The second-order valence-electron chi connectivity index (χ2n) is 36.3. The van der Waals surface area contributed by atoms with E-state index in [4.69, 9.17) is 0 Å². The van der Waals surface area contributed by atoms with Gasteiger partial charge in [-0.15, -0.1) is 0 Å². The fourth-order valence-corrected chi connectivity index (χ4v) is 19.0. The van der Waals surface area contributed by atoms with Gasteiger partial charge >= 0.3 is 0 Å². The molecule has 107 heavy (non-hydrogen) atoms. The van der Waals surface area contributed by atoms with Gasteiger partial charge in [0.1, 0.15) is 0 Å². The molecule has 0 fully saturated rings. The highest BCUT2D eigenvalue weighted by Crippen LogP contribution is 2.53. The van der Waals surface area contributed by atoms with Gasteiger partial charge in [0, 0.05) is 61.4 Å². The first kappa shape index (κ1) is 66.8. The minimum Gasteiger partial charge on any atom is -0.311 e. The van der Waals surface area contributed by atoms with Gasteiger partial charge in [-0.05, 0) is 250 Å². The molecule has 0 saturated heterocycles. The van der Waals surface area contributed by atoms with Gasteiger partial charge in [-0.1, -0.05) is 273 Å². The van der Waals surface area contributed by atoms with Crippen LogP contribution in [0, 0.1) is 0 Å². The summed E-state index contributed by atoms with van der Waals surface area (Å²) in [5.41, 5.74) is 36.1. The molecule has 4 nitrogen and oxygen atoms in total. The highest BCUT2D eigenvalue weighted by Gasteiger charge is 2.45. The Kier molecular flexibility index (Phi) is 14.9. The Bertz CT molecular complexity index is 6070. The van der Waals surface area contributed by atoms with E-state index in [9.17, 15) is 0 Å². The summed E-state index contributed by atoms with van der Waals surface area (Å²) in [6.45, 7) is 33.4. The summed E-state index contributed by atoms with van der Waals surface area (Å²) >= 11 is 0. The van der Waals surface area contributed by atoms with Crippen molar-refractivity contribution in [3.05, 3.63) is 306 Å². The van der Waals surface area contributed by atoms with E-state index >= 15 is 0 Å². The van der Waals surface area contributed by atoms with Gasteiger partial charge in [0.2, 0.25) is 0 Å². The zero-order valence-corrected chi connectivity index (χ0v) is 64.7. The first-order valence-corrected chi connectivity index (χ1v) is 39.1. The smallest absolute Gasteiger partial charge is 0.252 e. The van der Waals surface area contributed by atoms with Crippen molar-refractivity contribution in [3.8, 4) is 55.9 Å². The summed E-state index contributed by atoms with van der Waals surface area (Å²) in [4.78, 5) is 5.28. The van der Waals surface area contributed by atoms with Crippen LogP contribution in [-0.2, 0) is 32.5 Å². The summed E-state index contributed by atoms with van der Waals surface area (Å²) in [5, 5.41) is 4.99. The summed E-state index contributed by atoms with van der Waals surface area (Å²) in [6.07, 6.45) is 4.70. The number of aromatic nitrogens is 2. The van der Waals surface area contributed by atoms with Crippen molar-refractivity contribution in [2.24, 2.45) is 0 Å². The minimum atomic E-state index is -0.163. The van der Waals surface area contributed by atoms with E-state index in [0.717, 1.165) is 46.2 Å². The molecule has 0 amide bonds. The predicted molar refractivity (Wildman–Crippen MR) is 459 cm³/mol. The Balaban J connectivity index is 0.897. The monoisotopic (exact) mass is 1390 g/mol. The largest absolute Gasteiger partial charge is 0.311 e. The highest BCUT2D eigenvalue weighted by molar-refractivity contribution is 7.00. The number of anilines is 6. The summed E-state index contributed by atoms with van der Waals surface area (Å²) in [6, 6.07) is 106. The molecule has 2 aromatic heterocycles. The number of para-hydroxylation sites is 1. The Morgan fingerprint density at radius 3 is 1.10 bits per heavy atom. The van der Waals surface area contributed by atoms with Gasteiger partial charge in [-0.2, -0.15) is 0 Å². The predicted octanol–water partition coefficient (Wildman–Crippen LogP) is 25.9. The lowest BCUT2D eigenvalue weighted by Gasteiger charge is -2.44. The van der Waals surface area contributed by atoms with Crippen LogP contribution in [0.2, 0.25) is 0 Å². The van der Waals surface area contributed by atoms with E-state index in [0.29, 0.717) is 0 Å². The van der Waals surface area contributed by atoms with Crippen molar-refractivity contribution in [3.63, 3.8) is 0 Å². The van der Waals surface area contributed by atoms with Crippen molar-refractivity contribution in [1.82, 2.24) is 9.13 Å². The second-order valence-corrected chi connectivity index (χ2v) is 36.3. The van der Waals surface area contributed by atoms with E-state index in [1.54, 1.807) is 0 Å². The number of fused-ring (bicyclic) bond motifs is 12. The molecule has 0 spiro atoms. The van der Waals surface area contributed by atoms with Crippen molar-refractivity contribution < 1.29 is 0 Å².